The lowest BCUT2D eigenvalue weighted by molar-refractivity contribution is -0.156. The van der Waals surface area contributed by atoms with Gasteiger partial charge in [-0.1, -0.05) is 6.07 Å². The lowest BCUT2D eigenvalue weighted by atomic mass is 10.0. The van der Waals surface area contributed by atoms with Gasteiger partial charge in [0.25, 0.3) is 0 Å². The second kappa shape index (κ2) is 7.76. The molecule has 27 heavy (non-hydrogen) atoms. The van der Waals surface area contributed by atoms with Gasteiger partial charge in [-0.15, -0.1) is 0 Å². The minimum Gasteiger partial charge on any atom is -0.459 e. The number of fused-ring (bicyclic) bond motifs is 1. The van der Waals surface area contributed by atoms with Crippen LogP contribution < -0.4 is 4.90 Å². The molecule has 1 aliphatic heterocycles. The zero-order valence-corrected chi connectivity index (χ0v) is 16.4. The Hall–Kier alpha value is -2.28. The SMILES string of the molecule is CN(CC(=O)OC(C)(C)C)C1CCN(c2ncnc3c(F)cccc23)CC1. The van der Waals surface area contributed by atoms with E-state index < -0.39 is 5.60 Å². The first-order valence-corrected chi connectivity index (χ1v) is 9.31. The monoisotopic (exact) mass is 374 g/mol. The van der Waals surface area contributed by atoms with Crippen molar-refractivity contribution in [3.05, 3.63) is 30.3 Å². The number of halogens is 1. The van der Waals surface area contributed by atoms with Gasteiger partial charge in [0.2, 0.25) is 0 Å². The molecule has 0 spiro atoms. The molecule has 0 unspecified atom stereocenters. The molecule has 6 nitrogen and oxygen atoms in total. The highest BCUT2D eigenvalue weighted by Gasteiger charge is 2.27. The van der Waals surface area contributed by atoms with E-state index in [1.807, 2.05) is 33.9 Å². The van der Waals surface area contributed by atoms with Gasteiger partial charge < -0.3 is 9.64 Å². The Kier molecular flexibility index (Phi) is 5.60. The van der Waals surface area contributed by atoms with E-state index in [0.29, 0.717) is 11.6 Å². The number of hydrogen-bond donors (Lipinski definition) is 0. The van der Waals surface area contributed by atoms with Gasteiger partial charge in [-0.3, -0.25) is 9.69 Å². The number of likely N-dealkylation sites (N-methyl/N-ethyl adjacent to an activating group) is 1. The average Bonchev–Trinajstić information content (AvgIpc) is 2.60. The molecule has 0 amide bonds. The molecule has 3 rings (SSSR count). The number of carbonyl (C=O) groups excluding carboxylic acids is 1. The number of piperidine rings is 1. The molecule has 2 heterocycles. The van der Waals surface area contributed by atoms with Crippen LogP contribution in [0.25, 0.3) is 10.9 Å². The molecule has 0 bridgehead atoms. The molecule has 1 fully saturated rings. The Morgan fingerprint density at radius 2 is 2.00 bits per heavy atom. The quantitative estimate of drug-likeness (QED) is 0.767. The van der Waals surface area contributed by atoms with Gasteiger partial charge in [-0.2, -0.15) is 0 Å². The van der Waals surface area contributed by atoms with Gasteiger partial charge in [-0.25, -0.2) is 14.4 Å². The van der Waals surface area contributed by atoms with Crippen molar-refractivity contribution in [2.75, 3.05) is 31.6 Å². The second-order valence-electron chi connectivity index (χ2n) is 8.05. The molecule has 1 saturated heterocycles. The van der Waals surface area contributed by atoms with Crippen LogP contribution in [0, 0.1) is 5.82 Å². The highest BCUT2D eigenvalue weighted by Crippen LogP contribution is 2.27. The normalized spacial score (nSPS) is 16.1. The summed E-state index contributed by atoms with van der Waals surface area (Å²) in [5.74, 6) is 0.237. The van der Waals surface area contributed by atoms with Crippen LogP contribution in [-0.2, 0) is 9.53 Å². The highest BCUT2D eigenvalue weighted by atomic mass is 19.1. The molecule has 0 radical (unpaired) electrons. The summed E-state index contributed by atoms with van der Waals surface area (Å²) >= 11 is 0. The number of aromatic nitrogens is 2. The fourth-order valence-corrected chi connectivity index (χ4v) is 3.51. The molecule has 2 aromatic rings. The molecular weight excluding hydrogens is 347 g/mol. The molecule has 0 N–H and O–H groups in total. The number of carbonyl (C=O) groups is 1. The maximum absolute atomic E-state index is 14.0. The summed E-state index contributed by atoms with van der Waals surface area (Å²) in [6.07, 6.45) is 3.22. The van der Waals surface area contributed by atoms with Crippen LogP contribution in [0.5, 0.6) is 0 Å². The zero-order valence-electron chi connectivity index (χ0n) is 16.4. The van der Waals surface area contributed by atoms with E-state index in [0.717, 1.165) is 37.1 Å². The fourth-order valence-electron chi connectivity index (χ4n) is 3.51. The van der Waals surface area contributed by atoms with Gasteiger partial charge in [0, 0.05) is 24.5 Å². The van der Waals surface area contributed by atoms with Crippen molar-refractivity contribution < 1.29 is 13.9 Å². The topological polar surface area (TPSA) is 58.6 Å². The number of benzene rings is 1. The lowest BCUT2D eigenvalue weighted by Crippen LogP contribution is -2.46. The van der Waals surface area contributed by atoms with Gasteiger partial charge in [0.05, 0.1) is 6.54 Å². The Labute approximate surface area is 159 Å². The van der Waals surface area contributed by atoms with Crippen molar-refractivity contribution >= 4 is 22.7 Å². The molecule has 1 aromatic heterocycles. The maximum atomic E-state index is 14.0. The molecule has 1 aliphatic rings. The zero-order chi connectivity index (χ0) is 19.6. The van der Waals surface area contributed by atoms with Crippen molar-refractivity contribution in [1.82, 2.24) is 14.9 Å². The molecule has 146 valence electrons. The van der Waals surface area contributed by atoms with Crippen LogP contribution in [0.15, 0.2) is 24.5 Å². The first-order chi connectivity index (χ1) is 12.7. The Bertz CT molecular complexity index is 813. The minimum absolute atomic E-state index is 0.204. The average molecular weight is 374 g/mol. The smallest absolute Gasteiger partial charge is 0.320 e. The van der Waals surface area contributed by atoms with Gasteiger partial charge >= 0.3 is 5.97 Å². The van der Waals surface area contributed by atoms with Crippen LogP contribution in [0.3, 0.4) is 0 Å². The number of hydrogen-bond acceptors (Lipinski definition) is 6. The standard InChI is InChI=1S/C20H27FN4O2/c1-20(2,3)27-17(26)12-24(4)14-8-10-25(11-9-14)19-15-6-5-7-16(21)18(15)22-13-23-19/h5-7,13-14H,8-12H2,1-4H3. The van der Waals surface area contributed by atoms with Crippen LogP contribution in [0.1, 0.15) is 33.6 Å². The van der Waals surface area contributed by atoms with Gasteiger partial charge in [-0.05, 0) is 52.8 Å². The third-order valence-corrected chi connectivity index (χ3v) is 4.78. The second-order valence-corrected chi connectivity index (χ2v) is 8.05. The molecular formula is C20H27FN4O2. The Morgan fingerprint density at radius 3 is 2.67 bits per heavy atom. The Morgan fingerprint density at radius 1 is 1.30 bits per heavy atom. The summed E-state index contributed by atoms with van der Waals surface area (Å²) < 4.78 is 19.4. The predicted molar refractivity (Wildman–Crippen MR) is 103 cm³/mol. The van der Waals surface area contributed by atoms with E-state index >= 15 is 0 Å². The predicted octanol–water partition coefficient (Wildman–Crippen LogP) is 3.01. The van der Waals surface area contributed by atoms with Crippen molar-refractivity contribution in [2.24, 2.45) is 0 Å². The number of anilines is 1. The number of esters is 1. The fraction of sp³-hybridized carbons (Fsp3) is 0.550. The summed E-state index contributed by atoms with van der Waals surface area (Å²) in [7, 11) is 1.96. The lowest BCUT2D eigenvalue weighted by Gasteiger charge is -2.37. The van der Waals surface area contributed by atoms with Crippen molar-refractivity contribution in [1.29, 1.82) is 0 Å². The van der Waals surface area contributed by atoms with E-state index in [2.05, 4.69) is 19.8 Å². The summed E-state index contributed by atoms with van der Waals surface area (Å²) in [4.78, 5) is 24.7. The number of rotatable bonds is 4. The van der Waals surface area contributed by atoms with Crippen LogP contribution in [-0.4, -0.2) is 59.2 Å². The largest absolute Gasteiger partial charge is 0.459 e. The maximum Gasteiger partial charge on any atom is 0.320 e. The number of para-hydroxylation sites is 1. The number of nitrogens with zero attached hydrogens (tertiary/aromatic N) is 4. The van der Waals surface area contributed by atoms with Crippen LogP contribution in [0.4, 0.5) is 10.2 Å². The van der Waals surface area contributed by atoms with E-state index in [1.54, 1.807) is 6.07 Å². The Balaban J connectivity index is 1.63. The molecule has 0 atom stereocenters. The van der Waals surface area contributed by atoms with Crippen LogP contribution in [0.2, 0.25) is 0 Å². The summed E-state index contributed by atoms with van der Waals surface area (Å²) in [5.41, 5.74) is -0.114. The number of ether oxygens (including phenoxy) is 1. The molecule has 1 aromatic carbocycles. The third kappa shape index (κ3) is 4.71. The van der Waals surface area contributed by atoms with Crippen LogP contribution >= 0.6 is 0 Å². The first-order valence-electron chi connectivity index (χ1n) is 9.31. The van der Waals surface area contributed by atoms with E-state index in [9.17, 15) is 9.18 Å². The summed E-state index contributed by atoms with van der Waals surface area (Å²) in [6.45, 7) is 7.50. The first kappa shape index (κ1) is 19.5. The van der Waals surface area contributed by atoms with E-state index in [-0.39, 0.29) is 18.3 Å². The third-order valence-electron chi connectivity index (χ3n) is 4.78. The van der Waals surface area contributed by atoms with Crippen molar-refractivity contribution in [3.8, 4) is 0 Å². The molecule has 0 aliphatic carbocycles. The molecule has 0 saturated carbocycles. The van der Waals surface area contributed by atoms with Gasteiger partial charge in [0.1, 0.15) is 29.1 Å². The minimum atomic E-state index is -0.468. The summed E-state index contributed by atoms with van der Waals surface area (Å²) in [6, 6.07) is 5.26. The summed E-state index contributed by atoms with van der Waals surface area (Å²) in [5, 5.41) is 0.734. The molecule has 7 heteroatoms. The van der Waals surface area contributed by atoms with Crippen molar-refractivity contribution in [3.63, 3.8) is 0 Å². The van der Waals surface area contributed by atoms with E-state index in [1.165, 1.54) is 12.4 Å². The van der Waals surface area contributed by atoms with Gasteiger partial charge in [0.15, 0.2) is 0 Å². The van der Waals surface area contributed by atoms with E-state index in [4.69, 9.17) is 4.74 Å². The van der Waals surface area contributed by atoms with Crippen molar-refractivity contribution in [2.45, 2.75) is 45.3 Å². The highest BCUT2D eigenvalue weighted by molar-refractivity contribution is 5.89.